The van der Waals surface area contributed by atoms with Crippen LogP contribution in [0.1, 0.15) is 24.3 Å². The van der Waals surface area contributed by atoms with Crippen molar-refractivity contribution in [3.8, 4) is 9.75 Å². The first-order valence-electron chi connectivity index (χ1n) is 9.83. The first kappa shape index (κ1) is 21.5. The Kier molecular flexibility index (Phi) is 7.42. The number of nitrogens with zero attached hydrogens (tertiary/aromatic N) is 2. The molecule has 0 bridgehead atoms. The molecule has 0 radical (unpaired) electrons. The summed E-state index contributed by atoms with van der Waals surface area (Å²) in [6.45, 7) is 8.31. The van der Waals surface area contributed by atoms with Crippen molar-refractivity contribution >= 4 is 45.1 Å². The number of benzene rings is 1. The summed E-state index contributed by atoms with van der Waals surface area (Å²) in [5.41, 5.74) is 4.49. The fourth-order valence-electron chi connectivity index (χ4n) is 2.89. The van der Waals surface area contributed by atoms with Crippen LogP contribution in [0.25, 0.3) is 15.8 Å². The number of hydrogen-bond acceptors (Lipinski definition) is 5. The van der Waals surface area contributed by atoms with Crippen molar-refractivity contribution in [3.05, 3.63) is 64.5 Å². The predicted octanol–water partition coefficient (Wildman–Crippen LogP) is 6.64. The molecule has 0 saturated heterocycles. The van der Waals surface area contributed by atoms with E-state index in [2.05, 4.69) is 80.5 Å². The van der Waals surface area contributed by atoms with Crippen LogP contribution in [0.4, 0.5) is 10.7 Å². The van der Waals surface area contributed by atoms with E-state index in [0.717, 1.165) is 24.5 Å². The Morgan fingerprint density at radius 3 is 2.52 bits per heavy atom. The molecule has 3 nitrogen and oxygen atoms in total. The van der Waals surface area contributed by atoms with E-state index in [0.29, 0.717) is 0 Å². The lowest BCUT2D eigenvalue weighted by Gasteiger charge is -2.16. The number of hydrogen-bond donors (Lipinski definition) is 1. The van der Waals surface area contributed by atoms with E-state index in [9.17, 15) is 0 Å². The highest BCUT2D eigenvalue weighted by molar-refractivity contribution is 7.24. The number of anilines is 1. The molecular weight excluding hydrogens is 394 g/mol. The van der Waals surface area contributed by atoms with Gasteiger partial charge in [-0.1, -0.05) is 18.2 Å². The fourth-order valence-corrected chi connectivity index (χ4v) is 4.99. The van der Waals surface area contributed by atoms with Gasteiger partial charge in [-0.3, -0.25) is 4.99 Å². The molecule has 2 heterocycles. The molecule has 0 aliphatic heterocycles. The molecule has 29 heavy (non-hydrogen) atoms. The topological polar surface area (TPSA) is 27.6 Å². The molecular formula is C24H29N3S2. The van der Waals surface area contributed by atoms with E-state index in [1.54, 1.807) is 0 Å². The van der Waals surface area contributed by atoms with Crippen LogP contribution >= 0.6 is 22.7 Å². The standard InChI is InChI=1S/C24H29N3S2/c1-17-8-6-7-9-21(17)26-19(3)18(2)16-20-10-11-22(28-20)23-12-13-24(29-23)27(5)15-14-25-4/h6-13,16,25H,14-15H2,1-5H3/b18-16+,26-19+. The molecule has 3 rings (SSSR count). The van der Waals surface area contributed by atoms with E-state index in [1.807, 2.05) is 41.9 Å². The van der Waals surface area contributed by atoms with Gasteiger partial charge in [0, 0.05) is 40.5 Å². The number of aryl methyl sites for hydroxylation is 1. The summed E-state index contributed by atoms with van der Waals surface area (Å²) in [5, 5.41) is 4.51. The Hall–Kier alpha value is -2.21. The zero-order chi connectivity index (χ0) is 20.8. The lowest BCUT2D eigenvalue weighted by atomic mass is 10.1. The minimum absolute atomic E-state index is 0.986. The number of aliphatic imine (C=N–C) groups is 1. The van der Waals surface area contributed by atoms with Crippen molar-refractivity contribution < 1.29 is 0 Å². The normalized spacial score (nSPS) is 12.4. The monoisotopic (exact) mass is 423 g/mol. The maximum atomic E-state index is 4.81. The second-order valence-corrected chi connectivity index (χ2v) is 9.35. The molecule has 0 amide bonds. The second-order valence-electron chi connectivity index (χ2n) is 7.18. The number of allylic oxidation sites excluding steroid dienone is 1. The van der Waals surface area contributed by atoms with Crippen LogP contribution in [0.5, 0.6) is 0 Å². The highest BCUT2D eigenvalue weighted by Crippen LogP contribution is 2.37. The minimum Gasteiger partial charge on any atom is -0.365 e. The van der Waals surface area contributed by atoms with Crippen molar-refractivity contribution in [1.82, 2.24) is 5.32 Å². The maximum absolute atomic E-state index is 4.81. The summed E-state index contributed by atoms with van der Waals surface area (Å²) in [4.78, 5) is 11.0. The minimum atomic E-state index is 0.986. The molecule has 1 N–H and O–H groups in total. The molecule has 2 aromatic heterocycles. The van der Waals surface area contributed by atoms with Gasteiger partial charge >= 0.3 is 0 Å². The first-order valence-corrected chi connectivity index (χ1v) is 11.5. The van der Waals surface area contributed by atoms with Gasteiger partial charge in [-0.25, -0.2) is 0 Å². The van der Waals surface area contributed by atoms with Crippen molar-refractivity contribution in [2.24, 2.45) is 4.99 Å². The Labute approximate surface area is 182 Å². The summed E-state index contributed by atoms with van der Waals surface area (Å²) >= 11 is 3.68. The summed E-state index contributed by atoms with van der Waals surface area (Å²) in [5.74, 6) is 0. The van der Waals surface area contributed by atoms with E-state index in [4.69, 9.17) is 4.99 Å². The van der Waals surface area contributed by atoms with Crippen molar-refractivity contribution in [1.29, 1.82) is 0 Å². The van der Waals surface area contributed by atoms with Gasteiger partial charge in [0.2, 0.25) is 0 Å². The maximum Gasteiger partial charge on any atom is 0.0913 e. The van der Waals surface area contributed by atoms with Crippen molar-refractivity contribution in [2.75, 3.05) is 32.1 Å². The second kappa shape index (κ2) is 10.0. The SMILES string of the molecule is CNCCN(C)c1ccc(-c2ccc(/C=C(C)/C(C)=N/c3ccccc3C)s2)s1. The van der Waals surface area contributed by atoms with Crippen LogP contribution in [0.15, 0.2) is 59.1 Å². The third-order valence-corrected chi connectivity index (χ3v) is 7.30. The summed E-state index contributed by atoms with van der Waals surface area (Å²) in [7, 11) is 4.14. The molecule has 3 aromatic rings. The number of likely N-dealkylation sites (N-methyl/N-ethyl adjacent to an activating group) is 2. The van der Waals surface area contributed by atoms with E-state index in [-0.39, 0.29) is 0 Å². The van der Waals surface area contributed by atoms with Gasteiger partial charge in [-0.15, -0.1) is 22.7 Å². The van der Waals surface area contributed by atoms with Crippen molar-refractivity contribution in [3.63, 3.8) is 0 Å². The van der Waals surface area contributed by atoms with Crippen LogP contribution in [0.2, 0.25) is 0 Å². The summed E-state index contributed by atoms with van der Waals surface area (Å²) in [6.07, 6.45) is 2.23. The van der Waals surface area contributed by atoms with Gasteiger partial charge in [0.1, 0.15) is 0 Å². The van der Waals surface area contributed by atoms with Gasteiger partial charge in [0.25, 0.3) is 0 Å². The lowest BCUT2D eigenvalue weighted by molar-refractivity contribution is 0.771. The number of para-hydroxylation sites is 1. The average Bonchev–Trinajstić information content (AvgIpc) is 3.37. The van der Waals surface area contributed by atoms with Gasteiger partial charge < -0.3 is 10.2 Å². The van der Waals surface area contributed by atoms with E-state index in [1.165, 1.54) is 30.8 Å². The van der Waals surface area contributed by atoms with E-state index >= 15 is 0 Å². The summed E-state index contributed by atoms with van der Waals surface area (Å²) < 4.78 is 0. The number of thiophene rings is 2. The fraction of sp³-hybridized carbons (Fsp3) is 0.292. The van der Waals surface area contributed by atoms with Crippen LogP contribution in [0.3, 0.4) is 0 Å². The van der Waals surface area contributed by atoms with Crippen molar-refractivity contribution in [2.45, 2.75) is 20.8 Å². The Morgan fingerprint density at radius 2 is 1.76 bits per heavy atom. The Morgan fingerprint density at radius 1 is 1.03 bits per heavy atom. The first-order chi connectivity index (χ1) is 14.0. The van der Waals surface area contributed by atoms with Gasteiger partial charge in [0.15, 0.2) is 0 Å². The number of nitrogens with one attached hydrogen (secondary N) is 1. The molecule has 0 fully saturated rings. The molecule has 5 heteroatoms. The van der Waals surface area contributed by atoms with Crippen LogP contribution in [0, 0.1) is 6.92 Å². The third-order valence-electron chi connectivity index (χ3n) is 4.87. The van der Waals surface area contributed by atoms with Crippen LogP contribution in [-0.4, -0.2) is 32.9 Å². The Bertz CT molecular complexity index is 1010. The number of rotatable bonds is 8. The van der Waals surface area contributed by atoms with Gasteiger partial charge in [-0.05, 0) is 75.4 Å². The quantitative estimate of drug-likeness (QED) is 0.411. The zero-order valence-electron chi connectivity index (χ0n) is 17.8. The van der Waals surface area contributed by atoms with Gasteiger partial charge in [0.05, 0.1) is 10.7 Å². The van der Waals surface area contributed by atoms with Crippen LogP contribution in [-0.2, 0) is 0 Å². The third kappa shape index (κ3) is 5.66. The molecule has 0 atom stereocenters. The lowest BCUT2D eigenvalue weighted by Crippen LogP contribution is -2.26. The predicted molar refractivity (Wildman–Crippen MR) is 132 cm³/mol. The molecule has 0 aliphatic carbocycles. The molecule has 0 saturated carbocycles. The summed E-state index contributed by atoms with van der Waals surface area (Å²) in [6, 6.07) is 17.1. The molecule has 0 unspecified atom stereocenters. The Balaban J connectivity index is 1.74. The zero-order valence-corrected chi connectivity index (χ0v) is 19.5. The highest BCUT2D eigenvalue weighted by atomic mass is 32.1. The van der Waals surface area contributed by atoms with Crippen LogP contribution < -0.4 is 10.2 Å². The van der Waals surface area contributed by atoms with E-state index < -0.39 is 0 Å². The molecule has 0 spiro atoms. The largest absolute Gasteiger partial charge is 0.365 e. The smallest absolute Gasteiger partial charge is 0.0913 e. The average molecular weight is 424 g/mol. The van der Waals surface area contributed by atoms with Gasteiger partial charge in [-0.2, -0.15) is 0 Å². The molecule has 1 aromatic carbocycles. The molecule has 152 valence electrons. The molecule has 0 aliphatic rings. The highest BCUT2D eigenvalue weighted by Gasteiger charge is 2.09.